The van der Waals surface area contributed by atoms with Gasteiger partial charge in [-0.15, -0.1) is 4.90 Å². The Morgan fingerprint density at radius 1 is 1.12 bits per heavy atom. The average Bonchev–Trinajstić information content (AvgIpc) is 2.96. The van der Waals surface area contributed by atoms with Crippen LogP contribution in [-0.2, 0) is 0 Å². The second-order valence-corrected chi connectivity index (χ2v) is 6.24. The molecule has 0 saturated carbocycles. The fraction of sp³-hybridized carbons (Fsp3) is 0.357. The summed E-state index contributed by atoms with van der Waals surface area (Å²) in [5.74, 6) is 2.53. The Labute approximate surface area is 107 Å². The molecule has 0 aromatic heterocycles. The average molecular weight is 249 g/mol. The van der Waals surface area contributed by atoms with Gasteiger partial charge in [-0.3, -0.25) is 0 Å². The van der Waals surface area contributed by atoms with Crippen molar-refractivity contribution in [2.75, 3.05) is 11.5 Å². The topological polar surface area (TPSA) is 0 Å². The fourth-order valence-electron chi connectivity index (χ4n) is 1.59. The molecule has 0 atom stereocenters. The van der Waals surface area contributed by atoms with Crippen molar-refractivity contribution in [1.29, 1.82) is 0 Å². The molecular weight excluding hydrogens is 232 g/mol. The van der Waals surface area contributed by atoms with Crippen molar-refractivity contribution in [3.8, 4) is 0 Å². The van der Waals surface area contributed by atoms with E-state index in [-0.39, 0.29) is 0 Å². The van der Waals surface area contributed by atoms with Crippen LogP contribution in [0.1, 0.15) is 12.8 Å². The van der Waals surface area contributed by atoms with Gasteiger partial charge in [-0.05, 0) is 24.3 Å². The van der Waals surface area contributed by atoms with E-state index in [9.17, 15) is 0 Å². The smallest absolute Gasteiger partial charge is 0.0413 e. The molecule has 0 amide bonds. The maximum Gasteiger partial charge on any atom is 0.0413 e. The molecule has 1 aliphatic carbocycles. The molecular formula is C14H17S2-. The molecule has 0 unspecified atom stereocenters. The first-order valence-corrected chi connectivity index (χ1v) is 7.80. The first-order valence-electron chi connectivity index (χ1n) is 5.76. The first kappa shape index (κ1) is 12.0. The highest BCUT2D eigenvalue weighted by atomic mass is 32.2. The van der Waals surface area contributed by atoms with Crippen LogP contribution in [0.3, 0.4) is 0 Å². The summed E-state index contributed by atoms with van der Waals surface area (Å²) >= 11 is 4.02. The van der Waals surface area contributed by atoms with Crippen LogP contribution >= 0.6 is 23.5 Å². The lowest BCUT2D eigenvalue weighted by Crippen LogP contribution is -1.92. The third kappa shape index (κ3) is 4.18. The SMILES string of the molecule is C1=CC(SCCCCSc2cc[cH-]c2)C=C1. The van der Waals surface area contributed by atoms with Gasteiger partial charge < -0.3 is 0 Å². The van der Waals surface area contributed by atoms with Crippen LogP contribution in [0.2, 0.25) is 0 Å². The van der Waals surface area contributed by atoms with Gasteiger partial charge in [0.15, 0.2) is 0 Å². The zero-order chi connectivity index (χ0) is 11.1. The van der Waals surface area contributed by atoms with Gasteiger partial charge in [0.05, 0.1) is 0 Å². The van der Waals surface area contributed by atoms with Gasteiger partial charge in [0, 0.05) is 5.25 Å². The molecule has 1 aliphatic rings. The summed E-state index contributed by atoms with van der Waals surface area (Å²) in [6.45, 7) is 0. The number of allylic oxidation sites excluding steroid dienone is 2. The molecule has 16 heavy (non-hydrogen) atoms. The van der Waals surface area contributed by atoms with Crippen LogP contribution in [0.25, 0.3) is 0 Å². The summed E-state index contributed by atoms with van der Waals surface area (Å²) in [7, 11) is 0. The van der Waals surface area contributed by atoms with Crippen molar-refractivity contribution in [3.05, 3.63) is 48.6 Å². The second kappa shape index (κ2) is 6.97. The van der Waals surface area contributed by atoms with E-state index in [4.69, 9.17) is 0 Å². The molecule has 0 heterocycles. The Balaban J connectivity index is 1.46. The molecule has 1 aromatic carbocycles. The molecule has 0 aliphatic heterocycles. The highest BCUT2D eigenvalue weighted by Crippen LogP contribution is 2.22. The van der Waals surface area contributed by atoms with Crippen molar-refractivity contribution in [2.24, 2.45) is 0 Å². The van der Waals surface area contributed by atoms with Gasteiger partial charge in [-0.2, -0.15) is 30.0 Å². The van der Waals surface area contributed by atoms with Crippen LogP contribution < -0.4 is 0 Å². The highest BCUT2D eigenvalue weighted by Gasteiger charge is 2.02. The first-order chi connectivity index (χ1) is 7.95. The van der Waals surface area contributed by atoms with Crippen molar-refractivity contribution in [2.45, 2.75) is 23.0 Å². The minimum absolute atomic E-state index is 0.641. The Hall–Kier alpha value is -0.470. The maximum atomic E-state index is 2.27. The maximum absolute atomic E-state index is 2.27. The van der Waals surface area contributed by atoms with E-state index in [0.29, 0.717) is 5.25 Å². The monoisotopic (exact) mass is 249 g/mol. The summed E-state index contributed by atoms with van der Waals surface area (Å²) in [6.07, 6.45) is 11.5. The predicted octanol–water partition coefficient (Wildman–Crippen LogP) is 4.51. The number of hydrogen-bond donors (Lipinski definition) is 0. The van der Waals surface area contributed by atoms with Gasteiger partial charge in [-0.25, -0.2) is 17.8 Å². The minimum Gasteiger partial charge on any atom is -0.207 e. The third-order valence-electron chi connectivity index (χ3n) is 2.46. The molecule has 0 bridgehead atoms. The molecule has 2 rings (SSSR count). The zero-order valence-electron chi connectivity index (χ0n) is 9.34. The van der Waals surface area contributed by atoms with E-state index in [1.54, 1.807) is 0 Å². The van der Waals surface area contributed by atoms with E-state index in [0.717, 1.165) is 0 Å². The Morgan fingerprint density at radius 3 is 2.69 bits per heavy atom. The molecule has 1 aromatic rings. The molecule has 0 radical (unpaired) electrons. The van der Waals surface area contributed by atoms with Crippen LogP contribution in [0.4, 0.5) is 0 Å². The van der Waals surface area contributed by atoms with Crippen LogP contribution in [-0.4, -0.2) is 16.8 Å². The lowest BCUT2D eigenvalue weighted by molar-refractivity contribution is 0.906. The van der Waals surface area contributed by atoms with Gasteiger partial charge in [0.1, 0.15) is 0 Å². The van der Waals surface area contributed by atoms with E-state index in [1.165, 1.54) is 29.2 Å². The van der Waals surface area contributed by atoms with Gasteiger partial charge in [0.25, 0.3) is 0 Å². The van der Waals surface area contributed by atoms with Crippen molar-refractivity contribution in [3.63, 3.8) is 0 Å². The van der Waals surface area contributed by atoms with Crippen LogP contribution in [0.15, 0.2) is 53.5 Å². The fourth-order valence-corrected chi connectivity index (χ4v) is 3.57. The number of unbranched alkanes of at least 4 members (excludes halogenated alkanes) is 1. The molecule has 0 N–H and O–H groups in total. The summed E-state index contributed by atoms with van der Waals surface area (Å²) in [4.78, 5) is 1.41. The van der Waals surface area contributed by atoms with Gasteiger partial charge in [-0.1, -0.05) is 24.3 Å². The third-order valence-corrected chi connectivity index (χ3v) is 4.78. The largest absolute Gasteiger partial charge is 0.207 e. The highest BCUT2D eigenvalue weighted by molar-refractivity contribution is 8.00. The van der Waals surface area contributed by atoms with E-state index >= 15 is 0 Å². The lowest BCUT2D eigenvalue weighted by atomic mass is 10.4. The van der Waals surface area contributed by atoms with E-state index < -0.39 is 0 Å². The summed E-state index contributed by atoms with van der Waals surface area (Å²) in [6, 6.07) is 8.59. The minimum atomic E-state index is 0.641. The number of hydrogen-bond acceptors (Lipinski definition) is 2. The van der Waals surface area contributed by atoms with Gasteiger partial charge in [0.2, 0.25) is 0 Å². The standard InChI is InChI=1S/C14H17S2/c1-2-8-13(7-1)15-11-5-6-12-16-14-9-3-4-10-14/h1-4,7-10,13H,5-6,11-12H2/q-1. The number of thioether (sulfide) groups is 2. The lowest BCUT2D eigenvalue weighted by Gasteiger charge is -2.06. The van der Waals surface area contributed by atoms with E-state index in [1.807, 2.05) is 23.5 Å². The summed E-state index contributed by atoms with van der Waals surface area (Å²) in [5.41, 5.74) is 0. The Morgan fingerprint density at radius 2 is 1.94 bits per heavy atom. The molecule has 0 nitrogen and oxygen atoms in total. The second-order valence-electron chi connectivity index (χ2n) is 3.78. The molecule has 0 saturated heterocycles. The van der Waals surface area contributed by atoms with E-state index in [2.05, 4.69) is 48.6 Å². The summed E-state index contributed by atoms with van der Waals surface area (Å²) < 4.78 is 0. The molecule has 2 heteroatoms. The summed E-state index contributed by atoms with van der Waals surface area (Å²) in [5, 5.41) is 0.641. The molecule has 0 spiro atoms. The quantitative estimate of drug-likeness (QED) is 0.396. The Kier molecular flexibility index (Phi) is 5.23. The molecule has 0 fully saturated rings. The molecule has 86 valence electrons. The zero-order valence-corrected chi connectivity index (χ0v) is 11.0. The Bertz CT molecular complexity index is 324. The normalized spacial score (nSPS) is 15.0. The van der Waals surface area contributed by atoms with Crippen LogP contribution in [0.5, 0.6) is 0 Å². The van der Waals surface area contributed by atoms with Crippen molar-refractivity contribution >= 4 is 23.5 Å². The predicted molar refractivity (Wildman–Crippen MR) is 76.5 cm³/mol. The van der Waals surface area contributed by atoms with Crippen molar-refractivity contribution < 1.29 is 0 Å². The van der Waals surface area contributed by atoms with Crippen LogP contribution in [0, 0.1) is 0 Å². The van der Waals surface area contributed by atoms with Crippen molar-refractivity contribution in [1.82, 2.24) is 0 Å². The van der Waals surface area contributed by atoms with Gasteiger partial charge >= 0.3 is 0 Å². The number of rotatable bonds is 7.